The molecule has 2 aromatic heterocycles. The Labute approximate surface area is 86.6 Å². The predicted octanol–water partition coefficient (Wildman–Crippen LogP) is 2.02. The zero-order valence-corrected chi connectivity index (χ0v) is 8.71. The van der Waals surface area contributed by atoms with Crippen molar-refractivity contribution >= 4 is 17.0 Å². The molecule has 2 aromatic rings. The third-order valence-corrected chi connectivity index (χ3v) is 2.72. The molecule has 0 amide bonds. The number of hydrogen-bond acceptors (Lipinski definition) is 4. The van der Waals surface area contributed by atoms with E-state index in [0.717, 1.165) is 28.4 Å². The molecule has 0 unspecified atom stereocenters. The van der Waals surface area contributed by atoms with E-state index in [-0.39, 0.29) is 0 Å². The number of pyridine rings is 1. The molecule has 2 N–H and O–H groups in total. The Morgan fingerprint density at radius 1 is 1.43 bits per heavy atom. The SMILES string of the molecule is Cc1cnc(Cc2nccs2)c(N)c1. The van der Waals surface area contributed by atoms with E-state index in [0.29, 0.717) is 0 Å². The maximum absolute atomic E-state index is 5.85. The van der Waals surface area contributed by atoms with Crippen LogP contribution < -0.4 is 5.73 Å². The van der Waals surface area contributed by atoms with Crippen LogP contribution in [0.1, 0.15) is 16.3 Å². The highest BCUT2D eigenvalue weighted by atomic mass is 32.1. The molecule has 0 radical (unpaired) electrons. The molecule has 0 spiro atoms. The molecule has 0 saturated heterocycles. The second-order valence-corrected chi connectivity index (χ2v) is 4.13. The van der Waals surface area contributed by atoms with Gasteiger partial charge in [0, 0.05) is 24.2 Å². The summed E-state index contributed by atoms with van der Waals surface area (Å²) < 4.78 is 0. The summed E-state index contributed by atoms with van der Waals surface area (Å²) in [5.74, 6) is 0. The molecule has 3 nitrogen and oxygen atoms in total. The number of nitrogen functional groups attached to an aromatic ring is 1. The van der Waals surface area contributed by atoms with Gasteiger partial charge in [0.1, 0.15) is 0 Å². The van der Waals surface area contributed by atoms with E-state index in [1.807, 2.05) is 24.6 Å². The van der Waals surface area contributed by atoms with Crippen molar-refractivity contribution in [2.45, 2.75) is 13.3 Å². The highest BCUT2D eigenvalue weighted by Gasteiger charge is 2.04. The van der Waals surface area contributed by atoms with Crippen molar-refractivity contribution in [3.8, 4) is 0 Å². The molecule has 0 bridgehead atoms. The third kappa shape index (κ3) is 1.90. The van der Waals surface area contributed by atoms with Gasteiger partial charge in [-0.1, -0.05) is 0 Å². The van der Waals surface area contributed by atoms with E-state index in [9.17, 15) is 0 Å². The second-order valence-electron chi connectivity index (χ2n) is 3.15. The zero-order valence-electron chi connectivity index (χ0n) is 7.90. The Kier molecular flexibility index (Phi) is 2.45. The molecule has 0 atom stereocenters. The average Bonchev–Trinajstić information content (AvgIpc) is 2.62. The quantitative estimate of drug-likeness (QED) is 0.816. The molecule has 0 aliphatic carbocycles. The summed E-state index contributed by atoms with van der Waals surface area (Å²) >= 11 is 1.62. The second kappa shape index (κ2) is 3.75. The number of aryl methyl sites for hydroxylation is 1. The molecule has 4 heteroatoms. The summed E-state index contributed by atoms with van der Waals surface area (Å²) in [5.41, 5.74) is 8.60. The number of aromatic nitrogens is 2. The minimum absolute atomic E-state index is 0.726. The van der Waals surface area contributed by atoms with Crippen molar-refractivity contribution in [1.29, 1.82) is 0 Å². The summed E-state index contributed by atoms with van der Waals surface area (Å²) in [7, 11) is 0. The van der Waals surface area contributed by atoms with Crippen LogP contribution in [-0.4, -0.2) is 9.97 Å². The van der Waals surface area contributed by atoms with Gasteiger partial charge in [0.25, 0.3) is 0 Å². The number of nitrogens with zero attached hydrogens (tertiary/aromatic N) is 2. The van der Waals surface area contributed by atoms with Crippen LogP contribution in [0.4, 0.5) is 5.69 Å². The lowest BCUT2D eigenvalue weighted by Crippen LogP contribution is -1.99. The number of hydrogen-bond donors (Lipinski definition) is 1. The lowest BCUT2D eigenvalue weighted by molar-refractivity contribution is 1.05. The molecule has 0 fully saturated rings. The smallest absolute Gasteiger partial charge is 0.0985 e. The first-order chi connectivity index (χ1) is 6.75. The molecule has 72 valence electrons. The first kappa shape index (κ1) is 9.15. The Hall–Kier alpha value is -1.42. The normalized spacial score (nSPS) is 10.4. The third-order valence-electron chi connectivity index (χ3n) is 1.94. The van der Waals surface area contributed by atoms with Gasteiger partial charge in [-0.2, -0.15) is 0 Å². The Morgan fingerprint density at radius 3 is 2.93 bits per heavy atom. The van der Waals surface area contributed by atoms with Crippen LogP contribution in [0.5, 0.6) is 0 Å². The summed E-state index contributed by atoms with van der Waals surface area (Å²) in [6, 6.07) is 1.94. The van der Waals surface area contributed by atoms with Gasteiger partial charge in [0.05, 0.1) is 16.4 Å². The van der Waals surface area contributed by atoms with Crippen LogP contribution in [0.3, 0.4) is 0 Å². The minimum Gasteiger partial charge on any atom is -0.397 e. The first-order valence-corrected chi connectivity index (χ1v) is 5.23. The summed E-state index contributed by atoms with van der Waals surface area (Å²) in [6.07, 6.45) is 4.35. The van der Waals surface area contributed by atoms with Crippen LogP contribution >= 0.6 is 11.3 Å². The maximum atomic E-state index is 5.85. The first-order valence-electron chi connectivity index (χ1n) is 4.35. The number of anilines is 1. The highest BCUT2D eigenvalue weighted by Crippen LogP contribution is 2.16. The molecule has 14 heavy (non-hydrogen) atoms. The van der Waals surface area contributed by atoms with Crippen molar-refractivity contribution in [3.05, 3.63) is 40.1 Å². The van der Waals surface area contributed by atoms with Crippen molar-refractivity contribution < 1.29 is 0 Å². The van der Waals surface area contributed by atoms with Gasteiger partial charge in [0.2, 0.25) is 0 Å². The largest absolute Gasteiger partial charge is 0.397 e. The van der Waals surface area contributed by atoms with Crippen LogP contribution in [0.2, 0.25) is 0 Å². The summed E-state index contributed by atoms with van der Waals surface area (Å²) in [4.78, 5) is 8.49. The van der Waals surface area contributed by atoms with Gasteiger partial charge in [-0.25, -0.2) is 4.98 Å². The van der Waals surface area contributed by atoms with Crippen LogP contribution in [0, 0.1) is 6.92 Å². The van der Waals surface area contributed by atoms with Gasteiger partial charge in [0.15, 0.2) is 0 Å². The molecule has 2 heterocycles. The average molecular weight is 205 g/mol. The summed E-state index contributed by atoms with van der Waals surface area (Å²) in [5, 5.41) is 3.01. The van der Waals surface area contributed by atoms with Gasteiger partial charge >= 0.3 is 0 Å². The molecule has 0 aromatic carbocycles. The van der Waals surface area contributed by atoms with Crippen molar-refractivity contribution in [1.82, 2.24) is 9.97 Å². The van der Waals surface area contributed by atoms with E-state index in [4.69, 9.17) is 5.73 Å². The van der Waals surface area contributed by atoms with E-state index < -0.39 is 0 Å². The van der Waals surface area contributed by atoms with Crippen molar-refractivity contribution in [2.75, 3.05) is 5.73 Å². The van der Waals surface area contributed by atoms with E-state index in [2.05, 4.69) is 9.97 Å². The standard InChI is InChI=1S/C10H11N3S/c1-7-4-8(11)9(13-6-7)5-10-12-2-3-14-10/h2-4,6H,5,11H2,1H3. The number of rotatable bonds is 2. The molecular weight excluding hydrogens is 194 g/mol. The molecular formula is C10H11N3S. The van der Waals surface area contributed by atoms with Gasteiger partial charge in [-0.15, -0.1) is 11.3 Å². The molecule has 0 aliphatic heterocycles. The van der Waals surface area contributed by atoms with Crippen LogP contribution in [0.15, 0.2) is 23.8 Å². The van der Waals surface area contributed by atoms with Crippen molar-refractivity contribution in [2.24, 2.45) is 0 Å². The topological polar surface area (TPSA) is 51.8 Å². The fourth-order valence-electron chi connectivity index (χ4n) is 1.25. The predicted molar refractivity (Wildman–Crippen MR) is 58.3 cm³/mol. The minimum atomic E-state index is 0.726. The van der Waals surface area contributed by atoms with E-state index >= 15 is 0 Å². The zero-order chi connectivity index (χ0) is 9.97. The fraction of sp³-hybridized carbons (Fsp3) is 0.200. The van der Waals surface area contributed by atoms with E-state index in [1.54, 1.807) is 17.5 Å². The van der Waals surface area contributed by atoms with Gasteiger partial charge < -0.3 is 5.73 Å². The van der Waals surface area contributed by atoms with E-state index in [1.165, 1.54) is 0 Å². The number of thiazole rings is 1. The van der Waals surface area contributed by atoms with Crippen molar-refractivity contribution in [3.63, 3.8) is 0 Å². The Morgan fingerprint density at radius 2 is 2.29 bits per heavy atom. The molecule has 0 saturated carbocycles. The van der Waals surface area contributed by atoms with Crippen LogP contribution in [-0.2, 0) is 6.42 Å². The van der Waals surface area contributed by atoms with Gasteiger partial charge in [-0.3, -0.25) is 4.98 Å². The lowest BCUT2D eigenvalue weighted by atomic mass is 10.2. The van der Waals surface area contributed by atoms with Crippen LogP contribution in [0.25, 0.3) is 0 Å². The monoisotopic (exact) mass is 205 g/mol. The summed E-state index contributed by atoms with van der Waals surface area (Å²) in [6.45, 7) is 1.98. The maximum Gasteiger partial charge on any atom is 0.0985 e. The fourth-order valence-corrected chi connectivity index (χ4v) is 1.87. The Bertz CT molecular complexity index is 423. The number of nitrogens with two attached hydrogens (primary N) is 1. The molecule has 2 rings (SSSR count). The highest BCUT2D eigenvalue weighted by molar-refractivity contribution is 7.09. The molecule has 0 aliphatic rings. The van der Waals surface area contributed by atoms with Gasteiger partial charge in [-0.05, 0) is 18.6 Å². The lowest BCUT2D eigenvalue weighted by Gasteiger charge is -2.02. The Balaban J connectivity index is 2.25.